The minimum absolute atomic E-state index is 0.110. The summed E-state index contributed by atoms with van der Waals surface area (Å²) in [7, 11) is 0. The number of nitrogens with zero attached hydrogens (tertiary/aromatic N) is 2. The van der Waals surface area contributed by atoms with Crippen LogP contribution in [0.4, 0.5) is 0 Å². The Hall–Kier alpha value is -1.94. The minimum atomic E-state index is 0.110. The third kappa shape index (κ3) is 5.53. The molecule has 0 spiro atoms. The Morgan fingerprint density at radius 2 is 1.84 bits per heavy atom. The van der Waals surface area contributed by atoms with E-state index in [4.69, 9.17) is 0 Å². The summed E-state index contributed by atoms with van der Waals surface area (Å²) < 4.78 is 0. The topological polar surface area (TPSA) is 42.9 Å². The highest BCUT2D eigenvalue weighted by molar-refractivity contribution is 8.02. The van der Waals surface area contributed by atoms with E-state index in [-0.39, 0.29) is 5.78 Å². The normalized spacial score (nSPS) is 16.2. The molecule has 0 fully saturated rings. The number of hydrogen-bond acceptors (Lipinski definition) is 4. The number of aryl methyl sites for hydroxylation is 1. The molecule has 0 saturated carbocycles. The van der Waals surface area contributed by atoms with Crippen molar-refractivity contribution in [3.05, 3.63) is 70.9 Å². The highest BCUT2D eigenvalue weighted by Crippen LogP contribution is 2.36. The molecule has 2 aromatic rings. The summed E-state index contributed by atoms with van der Waals surface area (Å²) >= 11 is 1.76. The lowest BCUT2D eigenvalue weighted by molar-refractivity contribution is 0.0973. The van der Waals surface area contributed by atoms with Gasteiger partial charge in [0.1, 0.15) is 5.69 Å². The molecule has 2 heterocycles. The number of carbonyl (C=O) groups is 1. The fourth-order valence-corrected chi connectivity index (χ4v) is 3.88. The van der Waals surface area contributed by atoms with Gasteiger partial charge in [0.2, 0.25) is 0 Å². The summed E-state index contributed by atoms with van der Waals surface area (Å²) in [4.78, 5) is 12.2. The van der Waals surface area contributed by atoms with Crippen molar-refractivity contribution in [3.8, 4) is 0 Å². The first-order chi connectivity index (χ1) is 12.3. The number of carbonyl (C=O) groups excluding carboxylic acids is 1. The number of ketones is 1. The lowest BCUT2D eigenvalue weighted by Gasteiger charge is -2.07. The quantitative estimate of drug-likeness (QED) is 0.439. The van der Waals surface area contributed by atoms with E-state index in [2.05, 4.69) is 45.9 Å². The van der Waals surface area contributed by atoms with Gasteiger partial charge in [0, 0.05) is 6.42 Å². The molecule has 1 unspecified atom stereocenters. The Morgan fingerprint density at radius 1 is 1.00 bits per heavy atom. The maximum atomic E-state index is 12.2. The predicted molar refractivity (Wildman–Crippen MR) is 104 cm³/mol. The molecule has 1 aliphatic heterocycles. The Kier molecular flexibility index (Phi) is 6.80. The number of benzene rings is 1. The molecule has 1 atom stereocenters. The van der Waals surface area contributed by atoms with Crippen molar-refractivity contribution in [2.24, 2.45) is 0 Å². The first-order valence-electron chi connectivity index (χ1n) is 9.04. The molecular formula is C21H24N2OS. The van der Waals surface area contributed by atoms with Gasteiger partial charge in [-0.25, -0.2) is 0 Å². The van der Waals surface area contributed by atoms with Crippen LogP contribution in [0.25, 0.3) is 0 Å². The summed E-state index contributed by atoms with van der Waals surface area (Å²) in [5.74, 6) is 0.110. The fourth-order valence-electron chi connectivity index (χ4n) is 2.98. The Labute approximate surface area is 153 Å². The molecule has 130 valence electrons. The lowest BCUT2D eigenvalue weighted by atomic mass is 10.0. The van der Waals surface area contributed by atoms with Crippen LogP contribution in [0.1, 0.15) is 65.5 Å². The number of aromatic nitrogens is 2. The van der Waals surface area contributed by atoms with Gasteiger partial charge in [-0.05, 0) is 48.8 Å². The fraction of sp³-hybridized carbons (Fsp3) is 0.381. The maximum absolute atomic E-state index is 12.2. The van der Waals surface area contributed by atoms with Crippen molar-refractivity contribution in [2.75, 3.05) is 0 Å². The zero-order valence-corrected chi connectivity index (χ0v) is 15.3. The van der Waals surface area contributed by atoms with Crippen LogP contribution in [0, 0.1) is 0 Å². The lowest BCUT2D eigenvalue weighted by Crippen LogP contribution is -2.06. The second kappa shape index (κ2) is 9.52. The number of thioether (sulfide) groups is 1. The zero-order chi connectivity index (χ0) is 17.3. The molecule has 1 aromatic carbocycles. The maximum Gasteiger partial charge on any atom is 0.183 e. The summed E-state index contributed by atoms with van der Waals surface area (Å²) in [5.41, 5.74) is 2.86. The van der Waals surface area contributed by atoms with E-state index in [9.17, 15) is 4.79 Å². The third-order valence-electron chi connectivity index (χ3n) is 4.45. The molecule has 4 heteroatoms. The van der Waals surface area contributed by atoms with Crippen LogP contribution in [0.5, 0.6) is 0 Å². The van der Waals surface area contributed by atoms with Gasteiger partial charge < -0.3 is 0 Å². The summed E-state index contributed by atoms with van der Waals surface area (Å²) in [6.45, 7) is 0. The van der Waals surface area contributed by atoms with Crippen molar-refractivity contribution in [3.63, 3.8) is 0 Å². The van der Waals surface area contributed by atoms with E-state index in [1.165, 1.54) is 18.4 Å². The number of allylic oxidation sites excluding steroid dienone is 1. The number of unbranched alkanes of at least 4 members (excludes halogenated alkanes) is 3. The number of Topliss-reactive ketones (excluding diaryl/α,β-unsaturated/α-hetero) is 1. The zero-order valence-electron chi connectivity index (χ0n) is 14.4. The summed E-state index contributed by atoms with van der Waals surface area (Å²) in [6, 6.07) is 14.3. The molecule has 1 aliphatic rings. The van der Waals surface area contributed by atoms with Crippen molar-refractivity contribution in [2.45, 2.75) is 50.2 Å². The van der Waals surface area contributed by atoms with Crippen LogP contribution in [-0.2, 0) is 6.42 Å². The van der Waals surface area contributed by atoms with Crippen LogP contribution in [0.3, 0.4) is 0 Å². The van der Waals surface area contributed by atoms with Crippen LogP contribution in [0.2, 0.25) is 0 Å². The van der Waals surface area contributed by atoms with E-state index >= 15 is 0 Å². The summed E-state index contributed by atoms with van der Waals surface area (Å²) in [5, 5.41) is 10.8. The van der Waals surface area contributed by atoms with Gasteiger partial charge in [-0.15, -0.1) is 16.9 Å². The largest absolute Gasteiger partial charge is 0.292 e. The van der Waals surface area contributed by atoms with Gasteiger partial charge in [-0.1, -0.05) is 49.2 Å². The van der Waals surface area contributed by atoms with E-state index in [1.54, 1.807) is 11.8 Å². The van der Waals surface area contributed by atoms with Crippen LogP contribution in [-0.4, -0.2) is 16.0 Å². The average Bonchev–Trinajstić information content (AvgIpc) is 3.20. The van der Waals surface area contributed by atoms with Gasteiger partial charge in [-0.3, -0.25) is 4.79 Å². The monoisotopic (exact) mass is 352 g/mol. The van der Waals surface area contributed by atoms with E-state index in [0.717, 1.165) is 31.4 Å². The molecule has 25 heavy (non-hydrogen) atoms. The van der Waals surface area contributed by atoms with Gasteiger partial charge in [0.15, 0.2) is 5.78 Å². The smallest absolute Gasteiger partial charge is 0.183 e. The number of rotatable bonds is 9. The minimum Gasteiger partial charge on any atom is -0.292 e. The highest BCUT2D eigenvalue weighted by atomic mass is 32.2. The van der Waals surface area contributed by atoms with Crippen LogP contribution >= 0.6 is 11.8 Å². The predicted octanol–water partition coefficient (Wildman–Crippen LogP) is 5.54. The average molecular weight is 353 g/mol. The van der Waals surface area contributed by atoms with Crippen molar-refractivity contribution >= 4 is 17.5 Å². The molecule has 0 radical (unpaired) electrons. The Bertz CT molecular complexity index is 690. The van der Waals surface area contributed by atoms with E-state index < -0.39 is 0 Å². The van der Waals surface area contributed by atoms with E-state index in [0.29, 0.717) is 17.4 Å². The highest BCUT2D eigenvalue weighted by Gasteiger charge is 2.16. The van der Waals surface area contributed by atoms with Gasteiger partial charge in [0.25, 0.3) is 0 Å². The van der Waals surface area contributed by atoms with Crippen molar-refractivity contribution in [1.29, 1.82) is 0 Å². The van der Waals surface area contributed by atoms with Crippen LogP contribution < -0.4 is 0 Å². The standard InChI is InChI=1S/C21H24N2OS/c24-20(12-7-2-1-4-9-17-10-5-3-6-11-17)18-14-15-19(23-22-18)21-13-8-16-25-21/h3,5-6,8,10-11,14-16,21H,1-2,4,7,9,12-13H2. The molecule has 0 N–H and O–H groups in total. The molecular weight excluding hydrogens is 328 g/mol. The second-order valence-electron chi connectivity index (χ2n) is 6.40. The van der Waals surface area contributed by atoms with Crippen molar-refractivity contribution in [1.82, 2.24) is 10.2 Å². The van der Waals surface area contributed by atoms with Crippen LogP contribution in [0.15, 0.2) is 53.9 Å². The van der Waals surface area contributed by atoms with Gasteiger partial charge in [0.05, 0.1) is 10.9 Å². The number of hydrogen-bond donors (Lipinski definition) is 0. The molecule has 0 saturated heterocycles. The SMILES string of the molecule is O=C(CCCCCCc1ccccc1)c1ccc(C2CC=CS2)nn1. The molecule has 0 amide bonds. The Morgan fingerprint density at radius 3 is 2.56 bits per heavy atom. The molecule has 1 aromatic heterocycles. The van der Waals surface area contributed by atoms with Gasteiger partial charge >= 0.3 is 0 Å². The van der Waals surface area contributed by atoms with E-state index in [1.807, 2.05) is 18.2 Å². The molecule has 0 bridgehead atoms. The first kappa shape index (κ1) is 17.9. The first-order valence-corrected chi connectivity index (χ1v) is 9.98. The summed E-state index contributed by atoms with van der Waals surface area (Å²) in [6.07, 6.45) is 9.20. The molecule has 3 nitrogen and oxygen atoms in total. The molecule has 3 rings (SSSR count). The second-order valence-corrected chi connectivity index (χ2v) is 7.51. The third-order valence-corrected chi connectivity index (χ3v) is 5.56. The Balaban J connectivity index is 1.33. The van der Waals surface area contributed by atoms with Gasteiger partial charge in [-0.2, -0.15) is 5.10 Å². The molecule has 0 aliphatic carbocycles. The van der Waals surface area contributed by atoms with Crippen molar-refractivity contribution < 1.29 is 4.79 Å².